The smallest absolute Gasteiger partial charge is 0.228 e. The molecule has 1 N–H and O–H groups in total. The van der Waals surface area contributed by atoms with Crippen LogP contribution in [0.4, 0.5) is 11.4 Å². The lowest BCUT2D eigenvalue weighted by molar-refractivity contribution is -0.120. The minimum absolute atomic E-state index is 0.110. The quantitative estimate of drug-likeness (QED) is 0.640. The second-order valence-electron chi connectivity index (χ2n) is 8.74. The number of carbonyl (C=O) groups excluding carboxylic acids is 1. The fraction of sp³-hybridized carbons (Fsp3) is 0.480. The molecule has 0 unspecified atom stereocenters. The highest BCUT2D eigenvalue weighted by Gasteiger charge is 2.32. The summed E-state index contributed by atoms with van der Waals surface area (Å²) >= 11 is 0. The summed E-state index contributed by atoms with van der Waals surface area (Å²) in [4.78, 5) is 15.1. The van der Waals surface area contributed by atoms with E-state index in [1.54, 1.807) is 0 Å². The van der Waals surface area contributed by atoms with Gasteiger partial charge >= 0.3 is 0 Å². The average Bonchev–Trinajstić information content (AvgIpc) is 2.86. The first-order chi connectivity index (χ1) is 16.0. The van der Waals surface area contributed by atoms with E-state index in [0.717, 1.165) is 49.7 Å². The van der Waals surface area contributed by atoms with E-state index in [2.05, 4.69) is 10.2 Å². The van der Waals surface area contributed by atoms with Crippen LogP contribution in [0, 0.1) is 5.92 Å². The summed E-state index contributed by atoms with van der Waals surface area (Å²) in [5, 5.41) is 2.97. The fourth-order valence-corrected chi connectivity index (χ4v) is 6.04. The SMILES string of the molecule is O=C(Nc1ccc(N2CCOCC2)cc1)[C@@H]1CCCN(S(=O)(=O)CCCc2ccccc2)C1. The highest BCUT2D eigenvalue weighted by Crippen LogP contribution is 2.23. The minimum Gasteiger partial charge on any atom is -0.378 e. The summed E-state index contributed by atoms with van der Waals surface area (Å²) in [5.74, 6) is -0.334. The molecule has 33 heavy (non-hydrogen) atoms. The maximum absolute atomic E-state index is 12.9. The summed E-state index contributed by atoms with van der Waals surface area (Å²) in [5.41, 5.74) is 2.99. The number of sulfonamides is 1. The number of nitrogens with one attached hydrogen (secondary N) is 1. The number of amides is 1. The van der Waals surface area contributed by atoms with E-state index in [1.165, 1.54) is 4.31 Å². The van der Waals surface area contributed by atoms with Crippen LogP contribution in [0.5, 0.6) is 0 Å². The van der Waals surface area contributed by atoms with Crippen LogP contribution in [-0.2, 0) is 26.0 Å². The zero-order valence-electron chi connectivity index (χ0n) is 19.0. The van der Waals surface area contributed by atoms with E-state index in [0.29, 0.717) is 25.8 Å². The molecule has 0 aromatic heterocycles. The molecule has 0 spiro atoms. The van der Waals surface area contributed by atoms with Crippen molar-refractivity contribution in [3.05, 3.63) is 60.2 Å². The second kappa shape index (κ2) is 11.1. The summed E-state index contributed by atoms with van der Waals surface area (Å²) in [6.45, 7) is 3.93. The van der Waals surface area contributed by atoms with Gasteiger partial charge in [0.15, 0.2) is 0 Å². The van der Waals surface area contributed by atoms with Crippen molar-refractivity contribution in [1.82, 2.24) is 4.31 Å². The van der Waals surface area contributed by atoms with Gasteiger partial charge in [0.05, 0.1) is 24.9 Å². The third kappa shape index (κ3) is 6.56. The predicted octanol–water partition coefficient (Wildman–Crippen LogP) is 3.14. The van der Waals surface area contributed by atoms with E-state index < -0.39 is 10.0 Å². The van der Waals surface area contributed by atoms with Crippen LogP contribution in [0.25, 0.3) is 0 Å². The van der Waals surface area contributed by atoms with E-state index >= 15 is 0 Å². The molecular weight excluding hydrogens is 438 g/mol. The lowest BCUT2D eigenvalue weighted by atomic mass is 9.98. The van der Waals surface area contributed by atoms with Crippen LogP contribution in [-0.4, -0.2) is 63.8 Å². The highest BCUT2D eigenvalue weighted by atomic mass is 32.2. The van der Waals surface area contributed by atoms with Gasteiger partial charge in [-0.15, -0.1) is 0 Å². The third-order valence-electron chi connectivity index (χ3n) is 6.37. The number of nitrogens with zero attached hydrogens (tertiary/aromatic N) is 2. The number of benzene rings is 2. The Bertz CT molecular complexity index is 1010. The number of piperidine rings is 1. The number of ether oxygens (including phenoxy) is 1. The van der Waals surface area contributed by atoms with Gasteiger partial charge in [0, 0.05) is 37.6 Å². The Morgan fingerprint density at radius 1 is 1.00 bits per heavy atom. The van der Waals surface area contributed by atoms with Gasteiger partial charge in [-0.25, -0.2) is 12.7 Å². The molecule has 0 bridgehead atoms. The molecule has 1 atom stereocenters. The first-order valence-electron chi connectivity index (χ1n) is 11.8. The van der Waals surface area contributed by atoms with Gasteiger partial charge in [0.2, 0.25) is 15.9 Å². The standard InChI is InChI=1S/C25H33N3O4S/c29-25(26-23-10-12-24(13-11-23)27-15-17-32-18-16-27)22-9-4-14-28(20-22)33(30,31)19-5-8-21-6-2-1-3-7-21/h1-3,6-7,10-13,22H,4-5,8-9,14-20H2,(H,26,29)/t22-/m1/s1. The van der Waals surface area contributed by atoms with Gasteiger partial charge < -0.3 is 15.0 Å². The third-order valence-corrected chi connectivity index (χ3v) is 8.29. The van der Waals surface area contributed by atoms with Gasteiger partial charge in [-0.2, -0.15) is 0 Å². The molecule has 0 aliphatic carbocycles. The summed E-state index contributed by atoms with van der Waals surface area (Å²) in [6, 6.07) is 17.7. The molecule has 8 heteroatoms. The van der Waals surface area contributed by atoms with Gasteiger partial charge in [-0.3, -0.25) is 4.79 Å². The molecule has 178 valence electrons. The molecule has 7 nitrogen and oxygen atoms in total. The summed E-state index contributed by atoms with van der Waals surface area (Å²) in [6.07, 6.45) is 2.72. The van der Waals surface area contributed by atoms with Crippen molar-refractivity contribution >= 4 is 27.3 Å². The minimum atomic E-state index is -3.37. The monoisotopic (exact) mass is 471 g/mol. The Balaban J connectivity index is 1.28. The van der Waals surface area contributed by atoms with Crippen LogP contribution < -0.4 is 10.2 Å². The Kier molecular flexibility index (Phi) is 8.01. The maximum atomic E-state index is 12.9. The van der Waals surface area contributed by atoms with Gasteiger partial charge in [-0.1, -0.05) is 30.3 Å². The highest BCUT2D eigenvalue weighted by molar-refractivity contribution is 7.89. The van der Waals surface area contributed by atoms with Crippen LogP contribution in [0.3, 0.4) is 0 Å². The number of hydrogen-bond acceptors (Lipinski definition) is 5. The van der Waals surface area contributed by atoms with E-state index in [4.69, 9.17) is 4.74 Å². The molecule has 1 amide bonds. The maximum Gasteiger partial charge on any atom is 0.228 e. The molecule has 2 heterocycles. The number of aryl methyl sites for hydroxylation is 1. The molecular formula is C25H33N3O4S. The molecule has 2 fully saturated rings. The molecule has 2 aromatic rings. The van der Waals surface area contributed by atoms with Gasteiger partial charge in [0.25, 0.3) is 0 Å². The fourth-order valence-electron chi connectivity index (χ4n) is 4.46. The molecule has 2 aliphatic rings. The van der Waals surface area contributed by atoms with Crippen molar-refractivity contribution in [2.24, 2.45) is 5.92 Å². The first-order valence-corrected chi connectivity index (χ1v) is 13.4. The van der Waals surface area contributed by atoms with Crippen molar-refractivity contribution in [2.45, 2.75) is 25.7 Å². The topological polar surface area (TPSA) is 79.0 Å². The molecule has 0 saturated carbocycles. The molecule has 4 rings (SSSR count). The van der Waals surface area contributed by atoms with E-state index in [9.17, 15) is 13.2 Å². The summed E-state index contributed by atoms with van der Waals surface area (Å²) < 4.78 is 32.6. The van der Waals surface area contributed by atoms with E-state index in [-0.39, 0.29) is 24.1 Å². The number of carbonyl (C=O) groups is 1. The van der Waals surface area contributed by atoms with Crippen molar-refractivity contribution in [2.75, 3.05) is 55.4 Å². The van der Waals surface area contributed by atoms with Crippen molar-refractivity contribution in [3.63, 3.8) is 0 Å². The number of hydrogen-bond donors (Lipinski definition) is 1. The second-order valence-corrected chi connectivity index (χ2v) is 10.8. The lowest BCUT2D eigenvalue weighted by Gasteiger charge is -2.31. The molecule has 2 aliphatic heterocycles. The van der Waals surface area contributed by atoms with E-state index in [1.807, 2.05) is 54.6 Å². The van der Waals surface area contributed by atoms with Crippen molar-refractivity contribution in [1.29, 1.82) is 0 Å². The predicted molar refractivity (Wildman–Crippen MR) is 131 cm³/mol. The van der Waals surface area contributed by atoms with Crippen LogP contribution >= 0.6 is 0 Å². The van der Waals surface area contributed by atoms with Crippen LogP contribution in [0.2, 0.25) is 0 Å². The first kappa shape index (κ1) is 23.7. The van der Waals surface area contributed by atoms with Gasteiger partial charge in [-0.05, 0) is 55.5 Å². The Morgan fingerprint density at radius 3 is 2.45 bits per heavy atom. The van der Waals surface area contributed by atoms with Crippen LogP contribution in [0.15, 0.2) is 54.6 Å². The normalized spacial score (nSPS) is 19.9. The largest absolute Gasteiger partial charge is 0.378 e. The average molecular weight is 472 g/mol. The number of rotatable bonds is 8. The Morgan fingerprint density at radius 2 is 1.73 bits per heavy atom. The molecule has 2 aromatic carbocycles. The van der Waals surface area contributed by atoms with Gasteiger partial charge in [0.1, 0.15) is 0 Å². The Labute approximate surface area is 196 Å². The molecule has 0 radical (unpaired) electrons. The van der Waals surface area contributed by atoms with Crippen LogP contribution in [0.1, 0.15) is 24.8 Å². The zero-order valence-corrected chi connectivity index (χ0v) is 19.8. The summed E-state index contributed by atoms with van der Waals surface area (Å²) in [7, 11) is -3.37. The number of anilines is 2. The molecule has 2 saturated heterocycles. The number of morpholine rings is 1. The van der Waals surface area contributed by atoms with Crippen molar-refractivity contribution in [3.8, 4) is 0 Å². The lowest BCUT2D eigenvalue weighted by Crippen LogP contribution is -2.44. The Hall–Kier alpha value is -2.42. The zero-order chi connectivity index (χ0) is 23.1. The van der Waals surface area contributed by atoms with Crippen molar-refractivity contribution < 1.29 is 17.9 Å².